The Bertz CT molecular complexity index is 1040. The fourth-order valence-corrected chi connectivity index (χ4v) is 5.46. The van der Waals surface area contributed by atoms with Crippen molar-refractivity contribution >= 4 is 5.65 Å². The minimum atomic E-state index is -0.0805. The summed E-state index contributed by atoms with van der Waals surface area (Å²) in [5.41, 5.74) is 3.63. The van der Waals surface area contributed by atoms with Gasteiger partial charge >= 0.3 is 0 Å². The third kappa shape index (κ3) is 3.20. The summed E-state index contributed by atoms with van der Waals surface area (Å²) in [5, 5.41) is 9.00. The number of likely N-dealkylation sites (tertiary alicyclic amines) is 1. The van der Waals surface area contributed by atoms with Crippen LogP contribution >= 0.6 is 0 Å². The van der Waals surface area contributed by atoms with Crippen molar-refractivity contribution < 1.29 is 4.74 Å². The van der Waals surface area contributed by atoms with Crippen LogP contribution in [0.3, 0.4) is 0 Å². The van der Waals surface area contributed by atoms with Crippen LogP contribution in [0.4, 0.5) is 0 Å². The van der Waals surface area contributed by atoms with E-state index in [1.165, 1.54) is 36.8 Å². The minimum absolute atomic E-state index is 0.0805. The second-order valence-electron chi connectivity index (χ2n) is 9.21. The highest BCUT2D eigenvalue weighted by molar-refractivity contribution is 5.43. The highest BCUT2D eigenvalue weighted by atomic mass is 16.5. The smallest absolute Gasteiger partial charge is 0.161 e. The summed E-state index contributed by atoms with van der Waals surface area (Å²) in [6, 6.07) is 12.9. The average molecular weight is 405 g/mol. The van der Waals surface area contributed by atoms with Crippen molar-refractivity contribution in [3.05, 3.63) is 59.5 Å². The molecule has 5 nitrogen and oxygen atoms in total. The Kier molecular flexibility index (Phi) is 5.02. The molecule has 1 saturated heterocycles. The molecule has 2 aromatic heterocycles. The van der Waals surface area contributed by atoms with Crippen LogP contribution in [0.5, 0.6) is 5.75 Å². The van der Waals surface area contributed by atoms with Crippen LogP contribution in [0.25, 0.3) is 5.65 Å². The number of hydrogen-bond donors (Lipinski definition) is 0. The largest absolute Gasteiger partial charge is 0.484 e. The SMILES string of the molecule is CCCC1CCC(Oc2ccc3nnc([C@]4(C)CCCN4C)n3c2)c2ccccc21. The lowest BCUT2D eigenvalue weighted by atomic mass is 9.79. The van der Waals surface area contributed by atoms with E-state index in [0.29, 0.717) is 5.92 Å². The molecule has 158 valence electrons. The zero-order valence-corrected chi connectivity index (χ0v) is 18.3. The van der Waals surface area contributed by atoms with E-state index in [-0.39, 0.29) is 11.6 Å². The summed E-state index contributed by atoms with van der Waals surface area (Å²) in [5.74, 6) is 2.56. The van der Waals surface area contributed by atoms with Crippen molar-refractivity contribution in [3.63, 3.8) is 0 Å². The molecule has 30 heavy (non-hydrogen) atoms. The number of hydrogen-bond acceptors (Lipinski definition) is 4. The fraction of sp³-hybridized carbons (Fsp3) is 0.520. The lowest BCUT2D eigenvalue weighted by molar-refractivity contribution is 0.172. The van der Waals surface area contributed by atoms with E-state index in [4.69, 9.17) is 4.74 Å². The van der Waals surface area contributed by atoms with Crippen molar-refractivity contribution in [2.45, 2.75) is 69.9 Å². The quantitative estimate of drug-likeness (QED) is 0.566. The molecule has 0 spiro atoms. The van der Waals surface area contributed by atoms with Gasteiger partial charge in [0.1, 0.15) is 11.9 Å². The van der Waals surface area contributed by atoms with E-state index >= 15 is 0 Å². The number of rotatable bonds is 5. The van der Waals surface area contributed by atoms with Gasteiger partial charge in [-0.2, -0.15) is 0 Å². The number of aromatic nitrogens is 3. The van der Waals surface area contributed by atoms with Gasteiger partial charge in [-0.3, -0.25) is 9.30 Å². The summed E-state index contributed by atoms with van der Waals surface area (Å²) in [6.07, 6.45) is 9.23. The molecule has 5 rings (SSSR count). The molecule has 0 N–H and O–H groups in total. The Morgan fingerprint density at radius 3 is 2.70 bits per heavy atom. The second-order valence-corrected chi connectivity index (χ2v) is 9.21. The van der Waals surface area contributed by atoms with Gasteiger partial charge in [0.15, 0.2) is 11.5 Å². The molecule has 0 bridgehead atoms. The molecule has 0 radical (unpaired) electrons. The molecule has 2 aliphatic rings. The van der Waals surface area contributed by atoms with Crippen molar-refractivity contribution in [3.8, 4) is 5.75 Å². The summed E-state index contributed by atoms with van der Waals surface area (Å²) in [4.78, 5) is 2.39. The van der Waals surface area contributed by atoms with Gasteiger partial charge in [-0.05, 0) is 81.8 Å². The molecule has 3 heterocycles. The van der Waals surface area contributed by atoms with Crippen LogP contribution in [0.1, 0.15) is 81.3 Å². The van der Waals surface area contributed by atoms with Crippen LogP contribution in [-0.2, 0) is 5.54 Å². The van der Waals surface area contributed by atoms with Gasteiger partial charge in [0, 0.05) is 0 Å². The first-order valence-corrected chi connectivity index (χ1v) is 11.4. The van der Waals surface area contributed by atoms with Crippen LogP contribution in [-0.4, -0.2) is 33.1 Å². The topological polar surface area (TPSA) is 42.7 Å². The number of ether oxygens (including phenoxy) is 1. The normalized spacial score (nSPS) is 26.8. The molecule has 0 amide bonds. The van der Waals surface area contributed by atoms with Gasteiger partial charge in [-0.1, -0.05) is 37.6 Å². The van der Waals surface area contributed by atoms with E-state index in [1.807, 2.05) is 12.1 Å². The molecule has 1 aliphatic heterocycles. The molecule has 1 aromatic carbocycles. The second kappa shape index (κ2) is 7.69. The summed E-state index contributed by atoms with van der Waals surface area (Å²) in [7, 11) is 2.18. The molecule has 5 heteroatoms. The van der Waals surface area contributed by atoms with Gasteiger partial charge in [0.05, 0.1) is 11.7 Å². The maximum atomic E-state index is 6.57. The number of pyridine rings is 1. The van der Waals surface area contributed by atoms with E-state index in [9.17, 15) is 0 Å². The Morgan fingerprint density at radius 2 is 1.93 bits per heavy atom. The van der Waals surface area contributed by atoms with Gasteiger partial charge < -0.3 is 4.74 Å². The van der Waals surface area contributed by atoms with Crippen molar-refractivity contribution in [1.29, 1.82) is 0 Å². The zero-order valence-electron chi connectivity index (χ0n) is 18.3. The van der Waals surface area contributed by atoms with Crippen LogP contribution in [0, 0.1) is 0 Å². The predicted octanol–water partition coefficient (Wildman–Crippen LogP) is 5.47. The number of nitrogens with zero attached hydrogens (tertiary/aromatic N) is 4. The lowest BCUT2D eigenvalue weighted by Gasteiger charge is -2.32. The van der Waals surface area contributed by atoms with Crippen LogP contribution in [0.15, 0.2) is 42.6 Å². The van der Waals surface area contributed by atoms with Crippen molar-refractivity contribution in [2.75, 3.05) is 13.6 Å². The molecule has 1 fully saturated rings. The number of fused-ring (bicyclic) bond motifs is 2. The molecule has 2 unspecified atom stereocenters. The van der Waals surface area contributed by atoms with Gasteiger partial charge in [-0.25, -0.2) is 0 Å². The maximum Gasteiger partial charge on any atom is 0.161 e. The first-order chi connectivity index (χ1) is 14.6. The van der Waals surface area contributed by atoms with Gasteiger partial charge in [0.25, 0.3) is 0 Å². The Balaban J connectivity index is 1.46. The van der Waals surface area contributed by atoms with Gasteiger partial charge in [-0.15, -0.1) is 10.2 Å². The molecular weight excluding hydrogens is 372 g/mol. The summed E-state index contributed by atoms with van der Waals surface area (Å²) < 4.78 is 8.70. The van der Waals surface area contributed by atoms with Crippen LogP contribution in [0.2, 0.25) is 0 Å². The highest BCUT2D eigenvalue weighted by Crippen LogP contribution is 2.42. The third-order valence-corrected chi connectivity index (χ3v) is 7.33. The molecule has 3 aromatic rings. The number of benzene rings is 1. The Morgan fingerprint density at radius 1 is 1.10 bits per heavy atom. The molecule has 3 atom stereocenters. The zero-order chi connectivity index (χ0) is 20.7. The van der Waals surface area contributed by atoms with E-state index < -0.39 is 0 Å². The first-order valence-electron chi connectivity index (χ1n) is 11.4. The standard InChI is InChI=1S/C25H32N4O/c1-4-8-18-11-13-22(21-10-6-5-9-20(18)21)30-19-12-14-23-26-27-24(29(23)17-19)25(2)15-7-16-28(25)3/h5-6,9-10,12,14,17-18,22H,4,7-8,11,13,15-16H2,1-3H3/t18?,22?,25-/m0/s1. The Hall–Kier alpha value is -2.40. The molecule has 0 saturated carbocycles. The highest BCUT2D eigenvalue weighted by Gasteiger charge is 2.39. The van der Waals surface area contributed by atoms with Crippen LogP contribution < -0.4 is 4.74 Å². The van der Waals surface area contributed by atoms with E-state index in [2.05, 4.69) is 70.9 Å². The summed E-state index contributed by atoms with van der Waals surface area (Å²) >= 11 is 0. The third-order valence-electron chi connectivity index (χ3n) is 7.33. The van der Waals surface area contributed by atoms with Gasteiger partial charge in [0.2, 0.25) is 0 Å². The Labute approximate surface area is 179 Å². The average Bonchev–Trinajstić information content (AvgIpc) is 3.33. The minimum Gasteiger partial charge on any atom is -0.484 e. The fourth-order valence-electron chi connectivity index (χ4n) is 5.46. The van der Waals surface area contributed by atoms with Crippen molar-refractivity contribution in [2.24, 2.45) is 0 Å². The monoisotopic (exact) mass is 404 g/mol. The van der Waals surface area contributed by atoms with Crippen molar-refractivity contribution in [1.82, 2.24) is 19.5 Å². The molecule has 1 aliphatic carbocycles. The lowest BCUT2D eigenvalue weighted by Crippen LogP contribution is -2.37. The molecular formula is C25H32N4O. The van der Waals surface area contributed by atoms with E-state index in [0.717, 1.165) is 36.6 Å². The maximum absolute atomic E-state index is 6.57. The summed E-state index contributed by atoms with van der Waals surface area (Å²) in [6.45, 7) is 5.65. The predicted molar refractivity (Wildman–Crippen MR) is 119 cm³/mol. The first kappa shape index (κ1) is 19.6. The van der Waals surface area contributed by atoms with E-state index in [1.54, 1.807) is 0 Å².